The summed E-state index contributed by atoms with van der Waals surface area (Å²) in [7, 11) is 3.76. The molecule has 0 saturated carbocycles. The fourth-order valence-electron chi connectivity index (χ4n) is 5.94. The molecule has 11 atom stereocenters. The van der Waals surface area contributed by atoms with Gasteiger partial charge in [-0.2, -0.15) is 0 Å². The quantitative estimate of drug-likeness (QED) is 0.329. The van der Waals surface area contributed by atoms with Gasteiger partial charge in [-0.05, 0) is 65.6 Å². The first kappa shape index (κ1) is 35.5. The summed E-state index contributed by atoms with van der Waals surface area (Å²) in [5.74, 6) is -2.61. The first-order valence-corrected chi connectivity index (χ1v) is 15.0. The van der Waals surface area contributed by atoms with Crippen molar-refractivity contribution in [1.29, 1.82) is 0 Å². The van der Waals surface area contributed by atoms with Crippen molar-refractivity contribution < 1.29 is 44.2 Å². The molecule has 0 spiro atoms. The van der Waals surface area contributed by atoms with Crippen molar-refractivity contribution in [3.8, 4) is 0 Å². The Labute approximate surface area is 245 Å². The Hall–Kier alpha value is -1.66. The van der Waals surface area contributed by atoms with Gasteiger partial charge in [0.1, 0.15) is 12.2 Å². The lowest BCUT2D eigenvalue weighted by molar-refractivity contribution is -0.283. The fraction of sp³-hybridized carbons (Fsp3) is 0.806. The van der Waals surface area contributed by atoms with E-state index in [4.69, 9.17) is 14.2 Å². The Morgan fingerprint density at radius 2 is 1.76 bits per heavy atom. The van der Waals surface area contributed by atoms with Gasteiger partial charge >= 0.3 is 5.97 Å². The van der Waals surface area contributed by atoms with Gasteiger partial charge in [0.25, 0.3) is 0 Å². The Morgan fingerprint density at radius 3 is 2.34 bits per heavy atom. The zero-order chi connectivity index (χ0) is 30.9. The van der Waals surface area contributed by atoms with Crippen LogP contribution in [0, 0.1) is 23.7 Å². The number of aliphatic hydroxyl groups is 4. The van der Waals surface area contributed by atoms with Crippen LogP contribution in [0.1, 0.15) is 66.7 Å². The number of hydrogen-bond acceptors (Lipinski definition) is 10. The standard InChI is InChI=1S/C31H53NO9/c1-8-27-23(17-34)13-18(2)9-10-25(35)19(3)14-22(11-12-33)30(21(5)26(36)16-28(37)40-27)41-31-29(38)24(32(6)7)15-20(4)39-31/h9-10,13,19-24,26-27,29-31,33-34,36,38H,8,11-12,14-17H2,1-7H3/b10-9-,18-13+. The first-order valence-electron chi connectivity index (χ1n) is 15.0. The minimum absolute atomic E-state index is 0.103. The molecule has 2 heterocycles. The monoisotopic (exact) mass is 583 g/mol. The molecule has 0 aliphatic carbocycles. The van der Waals surface area contributed by atoms with Crippen LogP contribution in [0.2, 0.25) is 0 Å². The van der Waals surface area contributed by atoms with Crippen molar-refractivity contribution in [2.45, 2.75) is 110 Å². The van der Waals surface area contributed by atoms with Crippen LogP contribution in [0.3, 0.4) is 0 Å². The van der Waals surface area contributed by atoms with Crippen molar-refractivity contribution in [1.82, 2.24) is 4.90 Å². The number of ether oxygens (including phenoxy) is 3. The van der Waals surface area contributed by atoms with Crippen LogP contribution in [0.5, 0.6) is 0 Å². The van der Waals surface area contributed by atoms with Crippen molar-refractivity contribution in [3.63, 3.8) is 0 Å². The van der Waals surface area contributed by atoms with E-state index in [9.17, 15) is 30.0 Å². The molecule has 0 bridgehead atoms. The molecule has 2 rings (SSSR count). The number of carbonyl (C=O) groups excluding carboxylic acids is 2. The van der Waals surface area contributed by atoms with Crippen LogP contribution >= 0.6 is 0 Å². The normalized spacial score (nSPS) is 40.6. The average Bonchev–Trinajstić information content (AvgIpc) is 2.92. The van der Waals surface area contributed by atoms with E-state index in [2.05, 4.69) is 0 Å². The number of carbonyl (C=O) groups is 2. The largest absolute Gasteiger partial charge is 0.462 e. The SMILES string of the molecule is CCC1OC(=O)CC(O)C(C)C(OC2OC(C)CC(N(C)C)C2O)C(CCO)CC(C)C(=O)/C=C\C(C)=C\C1CO. The number of nitrogens with zero attached hydrogens (tertiary/aromatic N) is 1. The van der Waals surface area contributed by atoms with E-state index in [1.807, 2.05) is 46.7 Å². The molecule has 236 valence electrons. The lowest BCUT2D eigenvalue weighted by Gasteiger charge is -2.44. The minimum atomic E-state index is -1.17. The number of aliphatic hydroxyl groups excluding tert-OH is 4. The van der Waals surface area contributed by atoms with E-state index >= 15 is 0 Å². The summed E-state index contributed by atoms with van der Waals surface area (Å²) in [4.78, 5) is 28.0. The van der Waals surface area contributed by atoms with Crippen molar-refractivity contribution in [2.75, 3.05) is 27.3 Å². The van der Waals surface area contributed by atoms with Gasteiger partial charge < -0.3 is 39.5 Å². The molecular weight excluding hydrogens is 530 g/mol. The van der Waals surface area contributed by atoms with Gasteiger partial charge in [0.2, 0.25) is 0 Å². The molecule has 0 radical (unpaired) electrons. The average molecular weight is 584 g/mol. The van der Waals surface area contributed by atoms with Crippen LogP contribution in [0.4, 0.5) is 0 Å². The summed E-state index contributed by atoms with van der Waals surface area (Å²) in [6, 6.07) is -0.214. The van der Waals surface area contributed by atoms with Gasteiger partial charge in [-0.3, -0.25) is 9.59 Å². The summed E-state index contributed by atoms with van der Waals surface area (Å²) in [5, 5.41) is 42.4. The van der Waals surface area contributed by atoms with Crippen LogP contribution < -0.4 is 0 Å². The fourth-order valence-corrected chi connectivity index (χ4v) is 5.94. The Kier molecular flexibility index (Phi) is 14.6. The molecule has 4 N–H and O–H groups in total. The molecule has 0 amide bonds. The molecule has 2 aliphatic heterocycles. The molecule has 0 aromatic rings. The second-order valence-electron chi connectivity index (χ2n) is 12.1. The summed E-state index contributed by atoms with van der Waals surface area (Å²) >= 11 is 0. The van der Waals surface area contributed by atoms with Gasteiger partial charge in [-0.15, -0.1) is 0 Å². The van der Waals surface area contributed by atoms with Crippen molar-refractivity contribution >= 4 is 11.8 Å². The van der Waals surface area contributed by atoms with Crippen molar-refractivity contribution in [3.05, 3.63) is 23.8 Å². The summed E-state index contributed by atoms with van der Waals surface area (Å²) in [5.41, 5.74) is 0.751. The predicted octanol–water partition coefficient (Wildman–Crippen LogP) is 2.23. The van der Waals surface area contributed by atoms with Gasteiger partial charge in [0.05, 0.1) is 31.3 Å². The number of allylic oxidation sites excluding steroid dienone is 3. The van der Waals surface area contributed by atoms with E-state index in [0.29, 0.717) is 19.3 Å². The molecule has 10 heteroatoms. The smallest absolute Gasteiger partial charge is 0.308 e. The lowest BCUT2D eigenvalue weighted by Crippen LogP contribution is -2.56. The molecule has 10 nitrogen and oxygen atoms in total. The topological polar surface area (TPSA) is 146 Å². The minimum Gasteiger partial charge on any atom is -0.462 e. The molecule has 2 aliphatic rings. The van der Waals surface area contributed by atoms with Crippen LogP contribution in [0.25, 0.3) is 0 Å². The molecule has 0 aromatic heterocycles. The third-order valence-corrected chi connectivity index (χ3v) is 8.54. The molecule has 0 aromatic carbocycles. The highest BCUT2D eigenvalue weighted by Gasteiger charge is 2.43. The van der Waals surface area contributed by atoms with Crippen molar-refractivity contribution in [2.24, 2.45) is 23.7 Å². The molecule has 1 saturated heterocycles. The number of ketones is 1. The van der Waals surface area contributed by atoms with E-state index in [-0.39, 0.29) is 49.9 Å². The number of likely N-dealkylation sites (N-methyl/N-ethyl adjacent to an activating group) is 1. The van der Waals surface area contributed by atoms with Gasteiger partial charge in [0, 0.05) is 30.4 Å². The first-order chi connectivity index (χ1) is 19.3. The maximum atomic E-state index is 13.1. The molecule has 41 heavy (non-hydrogen) atoms. The number of rotatable bonds is 7. The Balaban J connectivity index is 2.49. The van der Waals surface area contributed by atoms with E-state index < -0.39 is 54.4 Å². The highest BCUT2D eigenvalue weighted by Crippen LogP contribution is 2.34. The molecule has 11 unspecified atom stereocenters. The van der Waals surface area contributed by atoms with E-state index in [0.717, 1.165) is 5.57 Å². The Morgan fingerprint density at radius 1 is 1.07 bits per heavy atom. The maximum absolute atomic E-state index is 13.1. The lowest BCUT2D eigenvalue weighted by atomic mass is 9.79. The Bertz CT molecular complexity index is 891. The summed E-state index contributed by atoms with van der Waals surface area (Å²) in [6.07, 6.45) is 1.71. The van der Waals surface area contributed by atoms with Crippen LogP contribution in [0.15, 0.2) is 23.8 Å². The zero-order valence-corrected chi connectivity index (χ0v) is 25.8. The van der Waals surface area contributed by atoms with Crippen LogP contribution in [-0.2, 0) is 23.8 Å². The third kappa shape index (κ3) is 10.2. The van der Waals surface area contributed by atoms with Crippen LogP contribution in [-0.4, -0.2) is 107 Å². The predicted molar refractivity (Wildman–Crippen MR) is 155 cm³/mol. The number of esters is 1. The van der Waals surface area contributed by atoms with Gasteiger partial charge in [0.15, 0.2) is 12.1 Å². The van der Waals surface area contributed by atoms with Gasteiger partial charge in [-0.25, -0.2) is 0 Å². The number of cyclic esters (lactones) is 1. The van der Waals surface area contributed by atoms with E-state index in [1.54, 1.807) is 19.1 Å². The van der Waals surface area contributed by atoms with E-state index in [1.165, 1.54) is 6.08 Å². The maximum Gasteiger partial charge on any atom is 0.308 e. The summed E-state index contributed by atoms with van der Waals surface area (Å²) in [6.45, 7) is 8.73. The third-order valence-electron chi connectivity index (χ3n) is 8.54. The second kappa shape index (κ2) is 16.8. The molecular formula is C31H53NO9. The highest BCUT2D eigenvalue weighted by molar-refractivity contribution is 5.91. The second-order valence-corrected chi connectivity index (χ2v) is 12.1. The number of hydrogen-bond donors (Lipinski definition) is 4. The summed E-state index contributed by atoms with van der Waals surface area (Å²) < 4.78 is 18.2. The molecule has 1 fully saturated rings. The van der Waals surface area contributed by atoms with Gasteiger partial charge in [-0.1, -0.05) is 38.5 Å². The highest BCUT2D eigenvalue weighted by atomic mass is 16.7. The zero-order valence-electron chi connectivity index (χ0n) is 25.8.